The fourth-order valence-electron chi connectivity index (χ4n) is 2.96. The molecule has 2 saturated heterocycles. The number of nitrogens with two attached hydrogens (primary N) is 1. The van der Waals surface area contributed by atoms with Crippen molar-refractivity contribution in [1.29, 1.82) is 0 Å². The molecular weight excluding hydrogens is 314 g/mol. The SMILES string of the molecule is NC(=S)c1ccc(NC(=O)CN2CCC3(CC2)OCCO3)cc1. The van der Waals surface area contributed by atoms with Crippen LogP contribution in [0.3, 0.4) is 0 Å². The van der Waals surface area contributed by atoms with Crippen LogP contribution in [0, 0.1) is 0 Å². The van der Waals surface area contributed by atoms with Crippen LogP contribution in [-0.2, 0) is 14.3 Å². The predicted octanol–water partition coefficient (Wildman–Crippen LogP) is 1.10. The minimum absolute atomic E-state index is 0.0303. The van der Waals surface area contributed by atoms with E-state index in [0.29, 0.717) is 24.7 Å². The molecule has 0 aromatic heterocycles. The van der Waals surface area contributed by atoms with Crippen LogP contribution in [0.4, 0.5) is 5.69 Å². The highest BCUT2D eigenvalue weighted by Crippen LogP contribution is 2.31. The number of thiocarbonyl (C=S) groups is 1. The average Bonchev–Trinajstić information content (AvgIpc) is 2.99. The molecule has 1 spiro atoms. The highest BCUT2D eigenvalue weighted by molar-refractivity contribution is 7.80. The summed E-state index contributed by atoms with van der Waals surface area (Å²) in [6.07, 6.45) is 1.62. The topological polar surface area (TPSA) is 76.8 Å². The molecule has 3 rings (SSSR count). The number of hydrogen-bond donors (Lipinski definition) is 2. The summed E-state index contributed by atoms with van der Waals surface area (Å²) in [7, 11) is 0. The summed E-state index contributed by atoms with van der Waals surface area (Å²) in [4.78, 5) is 14.6. The summed E-state index contributed by atoms with van der Waals surface area (Å²) in [5.74, 6) is -0.430. The Bertz CT molecular complexity index is 575. The molecule has 3 N–H and O–H groups in total. The summed E-state index contributed by atoms with van der Waals surface area (Å²) in [6, 6.07) is 7.21. The Kier molecular flexibility index (Phi) is 4.91. The maximum absolute atomic E-state index is 12.1. The minimum atomic E-state index is -0.399. The van der Waals surface area contributed by atoms with Gasteiger partial charge in [0.2, 0.25) is 5.91 Å². The van der Waals surface area contributed by atoms with Crippen LogP contribution in [0.5, 0.6) is 0 Å². The number of carbonyl (C=O) groups excluding carboxylic acids is 1. The molecule has 23 heavy (non-hydrogen) atoms. The number of ether oxygens (including phenoxy) is 2. The molecule has 1 amide bonds. The number of benzene rings is 1. The molecule has 1 aromatic carbocycles. The Labute approximate surface area is 140 Å². The molecule has 0 saturated carbocycles. The van der Waals surface area contributed by atoms with Crippen molar-refractivity contribution in [1.82, 2.24) is 4.90 Å². The summed E-state index contributed by atoms with van der Waals surface area (Å²) >= 11 is 4.91. The third-order valence-corrected chi connectivity index (χ3v) is 4.49. The summed E-state index contributed by atoms with van der Waals surface area (Å²) in [5, 5.41) is 2.89. The van der Waals surface area contributed by atoms with E-state index in [4.69, 9.17) is 27.4 Å². The first kappa shape index (κ1) is 16.3. The average molecular weight is 335 g/mol. The van der Waals surface area contributed by atoms with Crippen LogP contribution in [0.1, 0.15) is 18.4 Å². The maximum atomic E-state index is 12.1. The zero-order valence-corrected chi connectivity index (χ0v) is 13.7. The van der Waals surface area contributed by atoms with Gasteiger partial charge in [-0.05, 0) is 24.3 Å². The van der Waals surface area contributed by atoms with Gasteiger partial charge in [-0.25, -0.2) is 0 Å². The molecule has 7 heteroatoms. The van der Waals surface area contributed by atoms with Crippen LogP contribution in [0.15, 0.2) is 24.3 Å². The second-order valence-corrected chi connectivity index (χ2v) is 6.31. The zero-order valence-electron chi connectivity index (χ0n) is 12.9. The smallest absolute Gasteiger partial charge is 0.238 e. The molecular formula is C16H21N3O3S. The first-order valence-corrected chi connectivity index (χ1v) is 8.17. The van der Waals surface area contributed by atoms with Gasteiger partial charge in [0.05, 0.1) is 19.8 Å². The van der Waals surface area contributed by atoms with Gasteiger partial charge in [-0.15, -0.1) is 0 Å². The van der Waals surface area contributed by atoms with Crippen molar-refractivity contribution in [3.63, 3.8) is 0 Å². The lowest BCUT2D eigenvalue weighted by Crippen LogP contribution is -2.47. The molecule has 1 aromatic rings. The fraction of sp³-hybridized carbons (Fsp3) is 0.500. The largest absolute Gasteiger partial charge is 0.389 e. The number of amides is 1. The van der Waals surface area contributed by atoms with Gasteiger partial charge in [-0.2, -0.15) is 0 Å². The first-order valence-electron chi connectivity index (χ1n) is 7.76. The van der Waals surface area contributed by atoms with Crippen LogP contribution in [0.2, 0.25) is 0 Å². The third kappa shape index (κ3) is 4.06. The lowest BCUT2D eigenvalue weighted by atomic mass is 10.0. The van der Waals surface area contributed by atoms with E-state index in [9.17, 15) is 4.79 Å². The van der Waals surface area contributed by atoms with Crippen LogP contribution in [0.25, 0.3) is 0 Å². The molecule has 0 unspecified atom stereocenters. The highest BCUT2D eigenvalue weighted by atomic mass is 32.1. The number of carbonyl (C=O) groups is 1. The van der Waals surface area contributed by atoms with E-state index in [1.165, 1.54) is 0 Å². The van der Waals surface area contributed by atoms with E-state index in [2.05, 4.69) is 10.2 Å². The van der Waals surface area contributed by atoms with Gasteiger partial charge in [0.25, 0.3) is 0 Å². The van der Waals surface area contributed by atoms with E-state index >= 15 is 0 Å². The third-order valence-electron chi connectivity index (χ3n) is 4.25. The van der Waals surface area contributed by atoms with Gasteiger partial charge in [-0.1, -0.05) is 12.2 Å². The molecule has 2 heterocycles. The van der Waals surface area contributed by atoms with Crippen molar-refractivity contribution in [2.45, 2.75) is 18.6 Å². The van der Waals surface area contributed by atoms with Gasteiger partial charge in [0, 0.05) is 37.2 Å². The first-order chi connectivity index (χ1) is 11.1. The molecule has 0 radical (unpaired) electrons. The Morgan fingerprint density at radius 3 is 2.39 bits per heavy atom. The number of rotatable bonds is 4. The molecule has 0 atom stereocenters. The normalized spacial score (nSPS) is 20.5. The Morgan fingerprint density at radius 2 is 1.83 bits per heavy atom. The standard InChI is InChI=1S/C16H21N3O3S/c17-15(23)12-1-3-13(4-2-12)18-14(20)11-19-7-5-16(6-8-19)21-9-10-22-16/h1-4H,5-11H2,(H2,17,23)(H,18,20). The Morgan fingerprint density at radius 1 is 1.22 bits per heavy atom. The van der Waals surface area contributed by atoms with E-state index in [1.807, 2.05) is 0 Å². The minimum Gasteiger partial charge on any atom is -0.389 e. The van der Waals surface area contributed by atoms with Crippen LogP contribution < -0.4 is 11.1 Å². The van der Waals surface area contributed by atoms with Crippen molar-refractivity contribution in [3.05, 3.63) is 29.8 Å². The lowest BCUT2D eigenvalue weighted by molar-refractivity contribution is -0.185. The van der Waals surface area contributed by atoms with Crippen LogP contribution >= 0.6 is 12.2 Å². The van der Waals surface area contributed by atoms with E-state index in [1.54, 1.807) is 24.3 Å². The maximum Gasteiger partial charge on any atom is 0.238 e. The summed E-state index contributed by atoms with van der Waals surface area (Å²) < 4.78 is 11.4. The van der Waals surface area contributed by atoms with Gasteiger partial charge in [0.1, 0.15) is 4.99 Å². The molecule has 6 nitrogen and oxygen atoms in total. The molecule has 0 aliphatic carbocycles. The van der Waals surface area contributed by atoms with Crippen molar-refractivity contribution in [2.75, 3.05) is 38.2 Å². The van der Waals surface area contributed by atoms with Crippen molar-refractivity contribution in [2.24, 2.45) is 5.73 Å². The van der Waals surface area contributed by atoms with E-state index < -0.39 is 5.79 Å². The van der Waals surface area contributed by atoms with Crippen molar-refractivity contribution < 1.29 is 14.3 Å². The van der Waals surface area contributed by atoms with Gasteiger partial charge in [0.15, 0.2) is 5.79 Å². The predicted molar refractivity (Wildman–Crippen MR) is 91.3 cm³/mol. The van der Waals surface area contributed by atoms with E-state index in [0.717, 1.165) is 37.2 Å². The molecule has 2 fully saturated rings. The number of anilines is 1. The van der Waals surface area contributed by atoms with Gasteiger partial charge >= 0.3 is 0 Å². The molecule has 0 bridgehead atoms. The second-order valence-electron chi connectivity index (χ2n) is 5.87. The van der Waals surface area contributed by atoms with Crippen molar-refractivity contribution >= 4 is 28.8 Å². The Balaban J connectivity index is 1.47. The van der Waals surface area contributed by atoms with Crippen LogP contribution in [-0.4, -0.2) is 54.4 Å². The molecule has 124 valence electrons. The van der Waals surface area contributed by atoms with Gasteiger partial charge in [-0.3, -0.25) is 9.69 Å². The fourth-order valence-corrected chi connectivity index (χ4v) is 3.10. The molecule has 2 aliphatic rings. The number of hydrogen-bond acceptors (Lipinski definition) is 5. The second kappa shape index (κ2) is 6.92. The lowest BCUT2D eigenvalue weighted by Gasteiger charge is -2.37. The van der Waals surface area contributed by atoms with Gasteiger partial charge < -0.3 is 20.5 Å². The summed E-state index contributed by atoms with van der Waals surface area (Å²) in [5.41, 5.74) is 7.08. The highest BCUT2D eigenvalue weighted by Gasteiger charge is 2.39. The number of nitrogens with one attached hydrogen (secondary N) is 1. The Hall–Kier alpha value is -1.54. The number of piperidine rings is 1. The van der Waals surface area contributed by atoms with E-state index in [-0.39, 0.29) is 5.91 Å². The molecule has 2 aliphatic heterocycles. The number of nitrogens with zero attached hydrogens (tertiary/aromatic N) is 1. The monoisotopic (exact) mass is 335 g/mol. The summed E-state index contributed by atoms with van der Waals surface area (Å²) in [6.45, 7) is 3.31. The zero-order chi connectivity index (χ0) is 16.3. The quantitative estimate of drug-likeness (QED) is 0.803. The number of likely N-dealkylation sites (tertiary alicyclic amines) is 1. The van der Waals surface area contributed by atoms with Crippen molar-refractivity contribution in [3.8, 4) is 0 Å².